The number of hydrogen-bond acceptors (Lipinski definition) is 2. The van der Waals surface area contributed by atoms with Gasteiger partial charge < -0.3 is 15.1 Å². The highest BCUT2D eigenvalue weighted by Crippen LogP contribution is 2.23. The highest BCUT2D eigenvalue weighted by molar-refractivity contribution is 5.25. The Hall–Kier alpha value is -1.48. The summed E-state index contributed by atoms with van der Waals surface area (Å²) >= 11 is 0. The molecule has 2 aromatic rings. The number of rotatable bonds is 3. The zero-order chi connectivity index (χ0) is 9.10. The number of aromatic amines is 1. The molecule has 0 radical (unpaired) electrons. The van der Waals surface area contributed by atoms with Gasteiger partial charge in [-0.3, -0.25) is 0 Å². The quantitative estimate of drug-likeness (QED) is 0.747. The highest BCUT2D eigenvalue weighted by atomic mass is 16.3. The molecular formula is C10H12N2O. The third kappa shape index (κ3) is 1.51. The maximum Gasteiger partial charge on any atom is 0.112 e. The van der Waals surface area contributed by atoms with Gasteiger partial charge in [-0.25, -0.2) is 0 Å². The number of hydrogen-bond donors (Lipinski definition) is 2. The molecule has 2 heterocycles. The van der Waals surface area contributed by atoms with E-state index >= 15 is 0 Å². The van der Waals surface area contributed by atoms with Crippen molar-refractivity contribution in [2.45, 2.75) is 5.92 Å². The summed E-state index contributed by atoms with van der Waals surface area (Å²) in [6, 6.07) is 5.84. The van der Waals surface area contributed by atoms with Crippen LogP contribution in [0.4, 0.5) is 0 Å². The molecule has 0 fully saturated rings. The van der Waals surface area contributed by atoms with Crippen molar-refractivity contribution in [3.05, 3.63) is 48.2 Å². The average molecular weight is 176 g/mol. The molecule has 0 aliphatic heterocycles. The molecule has 3 heteroatoms. The van der Waals surface area contributed by atoms with E-state index in [-0.39, 0.29) is 5.92 Å². The van der Waals surface area contributed by atoms with E-state index in [1.807, 2.05) is 30.6 Å². The molecular weight excluding hydrogens is 164 g/mol. The van der Waals surface area contributed by atoms with Crippen LogP contribution in [0, 0.1) is 0 Å². The minimum Gasteiger partial charge on any atom is -0.469 e. The molecule has 0 saturated heterocycles. The summed E-state index contributed by atoms with van der Waals surface area (Å²) in [5, 5.41) is 0. The predicted molar refractivity (Wildman–Crippen MR) is 50.4 cm³/mol. The van der Waals surface area contributed by atoms with Gasteiger partial charge in [0, 0.05) is 18.9 Å². The molecule has 2 aromatic heterocycles. The van der Waals surface area contributed by atoms with Crippen LogP contribution in [-0.4, -0.2) is 11.5 Å². The molecule has 0 saturated carbocycles. The first-order chi connectivity index (χ1) is 6.42. The van der Waals surface area contributed by atoms with Gasteiger partial charge in [-0.2, -0.15) is 0 Å². The van der Waals surface area contributed by atoms with E-state index in [0.717, 1.165) is 11.3 Å². The minimum atomic E-state index is 0.168. The predicted octanol–water partition coefficient (Wildman–Crippen LogP) is 1.70. The van der Waals surface area contributed by atoms with Crippen LogP contribution in [0.1, 0.15) is 17.2 Å². The Balaban J connectivity index is 2.29. The molecule has 0 aromatic carbocycles. The van der Waals surface area contributed by atoms with E-state index in [1.165, 1.54) is 0 Å². The van der Waals surface area contributed by atoms with Crippen LogP contribution in [0.5, 0.6) is 0 Å². The van der Waals surface area contributed by atoms with Gasteiger partial charge >= 0.3 is 0 Å². The SMILES string of the molecule is NCC(c1cc[nH]c1)c1ccco1. The lowest BCUT2D eigenvalue weighted by Crippen LogP contribution is -2.12. The molecule has 0 aliphatic carbocycles. The number of nitrogens with one attached hydrogen (secondary N) is 1. The molecule has 1 atom stereocenters. The average Bonchev–Trinajstić information content (AvgIpc) is 2.76. The van der Waals surface area contributed by atoms with E-state index in [2.05, 4.69) is 4.98 Å². The van der Waals surface area contributed by atoms with Crippen molar-refractivity contribution < 1.29 is 4.42 Å². The van der Waals surface area contributed by atoms with E-state index < -0.39 is 0 Å². The Labute approximate surface area is 76.6 Å². The summed E-state index contributed by atoms with van der Waals surface area (Å²) in [5.74, 6) is 1.09. The maximum atomic E-state index is 5.68. The lowest BCUT2D eigenvalue weighted by Gasteiger charge is -2.09. The summed E-state index contributed by atoms with van der Waals surface area (Å²) in [6.07, 6.45) is 5.51. The van der Waals surface area contributed by atoms with E-state index in [9.17, 15) is 0 Å². The summed E-state index contributed by atoms with van der Waals surface area (Å²) in [7, 11) is 0. The standard InChI is InChI=1S/C10H12N2O/c11-6-9(8-3-4-12-7-8)10-2-1-5-13-10/h1-5,7,9,12H,6,11H2. The zero-order valence-corrected chi connectivity index (χ0v) is 7.23. The van der Waals surface area contributed by atoms with Gasteiger partial charge in [-0.15, -0.1) is 0 Å². The molecule has 68 valence electrons. The molecule has 1 unspecified atom stereocenters. The summed E-state index contributed by atoms with van der Waals surface area (Å²) in [5.41, 5.74) is 6.85. The van der Waals surface area contributed by atoms with Gasteiger partial charge in [0.15, 0.2) is 0 Å². The van der Waals surface area contributed by atoms with Gasteiger partial charge in [-0.05, 0) is 23.8 Å². The third-order valence-electron chi connectivity index (χ3n) is 2.15. The first-order valence-corrected chi connectivity index (χ1v) is 4.28. The molecule has 0 bridgehead atoms. The summed E-state index contributed by atoms with van der Waals surface area (Å²) < 4.78 is 5.32. The van der Waals surface area contributed by atoms with Crippen molar-refractivity contribution in [2.24, 2.45) is 5.73 Å². The largest absolute Gasteiger partial charge is 0.469 e. The topological polar surface area (TPSA) is 55.0 Å². The molecule has 3 N–H and O–H groups in total. The van der Waals surface area contributed by atoms with Crippen molar-refractivity contribution in [3.8, 4) is 0 Å². The van der Waals surface area contributed by atoms with Gasteiger partial charge in [0.2, 0.25) is 0 Å². The Morgan fingerprint density at radius 2 is 2.38 bits per heavy atom. The lowest BCUT2D eigenvalue weighted by atomic mass is 10.00. The number of aromatic nitrogens is 1. The molecule has 0 amide bonds. The van der Waals surface area contributed by atoms with Crippen molar-refractivity contribution in [1.29, 1.82) is 0 Å². The van der Waals surface area contributed by atoms with Crippen LogP contribution in [-0.2, 0) is 0 Å². The molecule has 0 spiro atoms. The number of H-pyrrole nitrogens is 1. The lowest BCUT2D eigenvalue weighted by molar-refractivity contribution is 0.488. The van der Waals surface area contributed by atoms with E-state index in [0.29, 0.717) is 6.54 Å². The molecule has 3 nitrogen and oxygen atoms in total. The van der Waals surface area contributed by atoms with E-state index in [1.54, 1.807) is 6.26 Å². The van der Waals surface area contributed by atoms with Crippen LogP contribution >= 0.6 is 0 Å². The monoisotopic (exact) mass is 176 g/mol. The molecule has 2 rings (SSSR count). The fraction of sp³-hybridized carbons (Fsp3) is 0.200. The van der Waals surface area contributed by atoms with Crippen LogP contribution in [0.3, 0.4) is 0 Å². The molecule has 0 aliphatic rings. The zero-order valence-electron chi connectivity index (χ0n) is 7.23. The Morgan fingerprint density at radius 1 is 1.46 bits per heavy atom. The van der Waals surface area contributed by atoms with Crippen LogP contribution in [0.15, 0.2) is 41.3 Å². The Kier molecular flexibility index (Phi) is 2.19. The number of nitrogens with two attached hydrogens (primary N) is 1. The maximum absolute atomic E-state index is 5.68. The normalized spacial score (nSPS) is 13.0. The van der Waals surface area contributed by atoms with Crippen LogP contribution in [0.2, 0.25) is 0 Å². The molecule has 13 heavy (non-hydrogen) atoms. The van der Waals surface area contributed by atoms with Gasteiger partial charge in [0.25, 0.3) is 0 Å². The highest BCUT2D eigenvalue weighted by Gasteiger charge is 2.14. The van der Waals surface area contributed by atoms with Gasteiger partial charge in [0.1, 0.15) is 5.76 Å². The Bertz CT molecular complexity index is 303. The fourth-order valence-corrected chi connectivity index (χ4v) is 1.46. The summed E-state index contributed by atoms with van der Waals surface area (Å²) in [6.45, 7) is 0.561. The van der Waals surface area contributed by atoms with Gasteiger partial charge in [0.05, 0.1) is 12.2 Å². The van der Waals surface area contributed by atoms with Crippen molar-refractivity contribution in [3.63, 3.8) is 0 Å². The van der Waals surface area contributed by atoms with Crippen LogP contribution in [0.25, 0.3) is 0 Å². The smallest absolute Gasteiger partial charge is 0.112 e. The first kappa shape index (κ1) is 8.13. The second-order valence-electron chi connectivity index (χ2n) is 2.95. The number of furan rings is 1. The van der Waals surface area contributed by atoms with E-state index in [4.69, 9.17) is 10.2 Å². The Morgan fingerprint density at radius 3 is 2.92 bits per heavy atom. The van der Waals surface area contributed by atoms with Crippen LogP contribution < -0.4 is 5.73 Å². The van der Waals surface area contributed by atoms with Crippen molar-refractivity contribution in [1.82, 2.24) is 4.98 Å². The second-order valence-corrected chi connectivity index (χ2v) is 2.95. The first-order valence-electron chi connectivity index (χ1n) is 4.28. The minimum absolute atomic E-state index is 0.168. The third-order valence-corrected chi connectivity index (χ3v) is 2.15. The van der Waals surface area contributed by atoms with Crippen molar-refractivity contribution >= 4 is 0 Å². The second kappa shape index (κ2) is 3.49. The van der Waals surface area contributed by atoms with Gasteiger partial charge in [-0.1, -0.05) is 0 Å². The van der Waals surface area contributed by atoms with Crippen molar-refractivity contribution in [2.75, 3.05) is 6.54 Å². The summed E-state index contributed by atoms with van der Waals surface area (Å²) in [4.78, 5) is 3.01. The fourth-order valence-electron chi connectivity index (χ4n) is 1.46.